The van der Waals surface area contributed by atoms with Crippen molar-refractivity contribution in [2.45, 2.75) is 33.1 Å². The molecule has 0 aliphatic rings. The molecule has 0 unspecified atom stereocenters. The van der Waals surface area contributed by atoms with Crippen molar-refractivity contribution in [3.8, 4) is 11.4 Å². The van der Waals surface area contributed by atoms with E-state index in [2.05, 4.69) is 16.9 Å². The van der Waals surface area contributed by atoms with Gasteiger partial charge in [-0.05, 0) is 18.4 Å². The number of aryl methyl sites for hydroxylation is 2. The predicted octanol–water partition coefficient (Wildman–Crippen LogP) is 3.36. The zero-order valence-electron chi connectivity index (χ0n) is 11.8. The van der Waals surface area contributed by atoms with Gasteiger partial charge in [0.1, 0.15) is 0 Å². The van der Waals surface area contributed by atoms with Crippen molar-refractivity contribution in [2.75, 3.05) is 0 Å². The Labute approximate surface area is 118 Å². The van der Waals surface area contributed by atoms with Crippen molar-refractivity contribution in [1.29, 1.82) is 0 Å². The molecule has 0 radical (unpaired) electrons. The summed E-state index contributed by atoms with van der Waals surface area (Å²) in [5.41, 5.74) is 2.96. The summed E-state index contributed by atoms with van der Waals surface area (Å²) in [6, 6.07) is 8.04. The number of aromatic carboxylic acids is 1. The lowest BCUT2D eigenvalue weighted by atomic mass is 10.1. The van der Waals surface area contributed by atoms with E-state index in [1.165, 1.54) is 11.8 Å². The molecule has 0 saturated carbocycles. The first-order valence-electron chi connectivity index (χ1n) is 6.84. The van der Waals surface area contributed by atoms with Crippen LogP contribution in [0.3, 0.4) is 0 Å². The van der Waals surface area contributed by atoms with Gasteiger partial charge in [0, 0.05) is 11.8 Å². The molecule has 1 aromatic carbocycles. The highest BCUT2D eigenvalue weighted by molar-refractivity contribution is 5.88. The molecule has 104 valence electrons. The van der Waals surface area contributed by atoms with Crippen LogP contribution in [-0.2, 0) is 12.8 Å². The number of carbonyl (C=O) groups is 1. The molecule has 0 fully saturated rings. The summed E-state index contributed by atoms with van der Waals surface area (Å²) < 4.78 is 0. The van der Waals surface area contributed by atoms with Gasteiger partial charge < -0.3 is 5.11 Å². The van der Waals surface area contributed by atoms with Gasteiger partial charge in [0.05, 0.1) is 11.3 Å². The molecule has 0 atom stereocenters. The zero-order valence-corrected chi connectivity index (χ0v) is 11.8. The fourth-order valence-corrected chi connectivity index (χ4v) is 2.05. The third-order valence-electron chi connectivity index (χ3n) is 3.21. The lowest BCUT2D eigenvalue weighted by Crippen LogP contribution is -2.07. The second-order valence-corrected chi connectivity index (χ2v) is 4.66. The van der Waals surface area contributed by atoms with E-state index >= 15 is 0 Å². The normalized spacial score (nSPS) is 10.5. The third kappa shape index (κ3) is 3.02. The van der Waals surface area contributed by atoms with Crippen molar-refractivity contribution in [3.05, 3.63) is 47.3 Å². The number of carboxylic acids is 1. The molecule has 0 saturated heterocycles. The largest absolute Gasteiger partial charge is 0.478 e. The van der Waals surface area contributed by atoms with E-state index < -0.39 is 5.97 Å². The van der Waals surface area contributed by atoms with Gasteiger partial charge >= 0.3 is 5.97 Å². The molecule has 0 aliphatic heterocycles. The van der Waals surface area contributed by atoms with Crippen LogP contribution in [0.1, 0.15) is 41.9 Å². The van der Waals surface area contributed by atoms with Gasteiger partial charge in [-0.25, -0.2) is 14.8 Å². The Hall–Kier alpha value is -2.23. The SMILES string of the molecule is CCCc1nc(-c2ccc(CC)cc2)ncc1C(=O)O. The summed E-state index contributed by atoms with van der Waals surface area (Å²) in [6.07, 6.45) is 3.89. The van der Waals surface area contributed by atoms with Crippen LogP contribution in [-0.4, -0.2) is 21.0 Å². The maximum absolute atomic E-state index is 11.1. The Balaban J connectivity index is 2.41. The first-order chi connectivity index (χ1) is 9.65. The highest BCUT2D eigenvalue weighted by Crippen LogP contribution is 2.18. The van der Waals surface area contributed by atoms with Gasteiger partial charge in [-0.2, -0.15) is 0 Å². The van der Waals surface area contributed by atoms with Gasteiger partial charge in [-0.15, -0.1) is 0 Å². The molecule has 20 heavy (non-hydrogen) atoms. The first-order valence-corrected chi connectivity index (χ1v) is 6.84. The maximum Gasteiger partial charge on any atom is 0.339 e. The van der Waals surface area contributed by atoms with Gasteiger partial charge in [-0.3, -0.25) is 0 Å². The molecular formula is C16H18N2O2. The van der Waals surface area contributed by atoms with E-state index in [0.29, 0.717) is 17.9 Å². The lowest BCUT2D eigenvalue weighted by Gasteiger charge is -2.07. The Bertz CT molecular complexity index is 606. The summed E-state index contributed by atoms with van der Waals surface area (Å²) in [5, 5.41) is 9.14. The maximum atomic E-state index is 11.1. The Morgan fingerprint density at radius 2 is 1.90 bits per heavy atom. The lowest BCUT2D eigenvalue weighted by molar-refractivity contribution is 0.0694. The van der Waals surface area contributed by atoms with Crippen LogP contribution < -0.4 is 0 Å². The molecule has 2 aromatic rings. The quantitative estimate of drug-likeness (QED) is 0.904. The minimum absolute atomic E-state index is 0.195. The number of nitrogens with zero attached hydrogens (tertiary/aromatic N) is 2. The van der Waals surface area contributed by atoms with Gasteiger partial charge in [0.15, 0.2) is 5.82 Å². The van der Waals surface area contributed by atoms with Crippen molar-refractivity contribution in [1.82, 2.24) is 9.97 Å². The third-order valence-corrected chi connectivity index (χ3v) is 3.21. The van der Waals surface area contributed by atoms with Crippen molar-refractivity contribution >= 4 is 5.97 Å². The number of benzene rings is 1. The minimum atomic E-state index is -0.971. The first kappa shape index (κ1) is 14.2. The molecule has 1 aromatic heterocycles. The van der Waals surface area contributed by atoms with Crippen molar-refractivity contribution < 1.29 is 9.90 Å². The molecular weight excluding hydrogens is 252 g/mol. The summed E-state index contributed by atoms with van der Waals surface area (Å²) in [4.78, 5) is 19.7. The average molecular weight is 270 g/mol. The Morgan fingerprint density at radius 3 is 2.45 bits per heavy atom. The standard InChI is InChI=1S/C16H18N2O2/c1-3-5-14-13(16(19)20)10-17-15(18-14)12-8-6-11(4-2)7-9-12/h6-10H,3-5H2,1-2H3,(H,19,20). The smallest absolute Gasteiger partial charge is 0.339 e. The molecule has 0 aliphatic carbocycles. The summed E-state index contributed by atoms with van der Waals surface area (Å²) in [6.45, 7) is 4.11. The topological polar surface area (TPSA) is 63.1 Å². The van der Waals surface area contributed by atoms with Crippen molar-refractivity contribution in [2.24, 2.45) is 0 Å². The Morgan fingerprint density at radius 1 is 1.20 bits per heavy atom. The molecule has 0 bridgehead atoms. The van der Waals surface area contributed by atoms with Crippen LogP contribution in [0, 0.1) is 0 Å². The van der Waals surface area contributed by atoms with Crippen molar-refractivity contribution in [3.63, 3.8) is 0 Å². The highest BCUT2D eigenvalue weighted by Gasteiger charge is 2.13. The second-order valence-electron chi connectivity index (χ2n) is 4.66. The minimum Gasteiger partial charge on any atom is -0.478 e. The highest BCUT2D eigenvalue weighted by atomic mass is 16.4. The van der Waals surface area contributed by atoms with Gasteiger partial charge in [-0.1, -0.05) is 44.5 Å². The number of aromatic nitrogens is 2. The number of carboxylic acid groups (broad SMARTS) is 1. The fourth-order valence-electron chi connectivity index (χ4n) is 2.05. The van der Waals surface area contributed by atoms with E-state index in [0.717, 1.165) is 18.4 Å². The second kappa shape index (κ2) is 6.28. The average Bonchev–Trinajstić information content (AvgIpc) is 2.47. The summed E-state index contributed by atoms with van der Waals surface area (Å²) in [5.74, 6) is -0.387. The van der Waals surface area contributed by atoms with Crippen LogP contribution in [0.4, 0.5) is 0 Å². The number of hydrogen-bond acceptors (Lipinski definition) is 3. The summed E-state index contributed by atoms with van der Waals surface area (Å²) in [7, 11) is 0. The van der Waals surface area contributed by atoms with Crippen LogP contribution in [0.15, 0.2) is 30.5 Å². The van der Waals surface area contributed by atoms with Crippen LogP contribution in [0.5, 0.6) is 0 Å². The number of rotatable bonds is 5. The monoisotopic (exact) mass is 270 g/mol. The molecule has 0 amide bonds. The fraction of sp³-hybridized carbons (Fsp3) is 0.312. The van der Waals surface area contributed by atoms with E-state index in [1.807, 2.05) is 31.2 Å². The molecule has 4 nitrogen and oxygen atoms in total. The molecule has 1 heterocycles. The number of hydrogen-bond donors (Lipinski definition) is 1. The zero-order chi connectivity index (χ0) is 14.5. The van der Waals surface area contributed by atoms with Crippen LogP contribution >= 0.6 is 0 Å². The molecule has 1 N–H and O–H groups in total. The molecule has 0 spiro atoms. The summed E-state index contributed by atoms with van der Waals surface area (Å²) >= 11 is 0. The van der Waals surface area contributed by atoms with E-state index in [-0.39, 0.29) is 5.56 Å². The van der Waals surface area contributed by atoms with E-state index in [9.17, 15) is 4.79 Å². The van der Waals surface area contributed by atoms with Crippen LogP contribution in [0.25, 0.3) is 11.4 Å². The van der Waals surface area contributed by atoms with Gasteiger partial charge in [0.25, 0.3) is 0 Å². The molecule has 4 heteroatoms. The molecule has 2 rings (SSSR count). The predicted molar refractivity (Wildman–Crippen MR) is 77.8 cm³/mol. The van der Waals surface area contributed by atoms with E-state index in [1.54, 1.807) is 0 Å². The van der Waals surface area contributed by atoms with Crippen LogP contribution in [0.2, 0.25) is 0 Å². The Kier molecular flexibility index (Phi) is 4.45. The van der Waals surface area contributed by atoms with Gasteiger partial charge in [0.2, 0.25) is 0 Å². The van der Waals surface area contributed by atoms with E-state index in [4.69, 9.17) is 5.11 Å².